The predicted octanol–water partition coefficient (Wildman–Crippen LogP) is 5.39. The highest BCUT2D eigenvalue weighted by Gasteiger charge is 2.15. The molecule has 84 valence electrons. The summed E-state index contributed by atoms with van der Waals surface area (Å²) < 4.78 is 0. The third-order valence-electron chi connectivity index (χ3n) is 2.14. The molecule has 2 rings (SSSR count). The van der Waals surface area contributed by atoms with Gasteiger partial charge in [0.05, 0.1) is 25.6 Å². The van der Waals surface area contributed by atoms with E-state index in [9.17, 15) is 0 Å². The maximum absolute atomic E-state index is 6.16. The van der Waals surface area contributed by atoms with Crippen LogP contribution in [0.1, 0.15) is 10.7 Å². The first kappa shape index (κ1) is 12.2. The average molecular weight is 293 g/mol. The molecule has 16 heavy (non-hydrogen) atoms. The van der Waals surface area contributed by atoms with Crippen LogP contribution >= 0.6 is 46.1 Å². The molecule has 1 aromatic heterocycles. The molecule has 0 radical (unpaired) electrons. The van der Waals surface area contributed by atoms with Gasteiger partial charge in [0.15, 0.2) is 0 Å². The molecule has 0 aliphatic heterocycles. The second-order valence-corrected chi connectivity index (χ2v) is 5.85. The van der Waals surface area contributed by atoms with E-state index in [1.54, 1.807) is 23.5 Å². The number of halogens is 3. The Labute approximate surface area is 113 Å². The molecule has 0 unspecified atom stereocenters. The second kappa shape index (κ2) is 4.53. The van der Waals surface area contributed by atoms with Crippen molar-refractivity contribution >= 4 is 46.1 Å². The van der Waals surface area contributed by atoms with Crippen molar-refractivity contribution in [1.29, 1.82) is 0 Å². The van der Waals surface area contributed by atoms with Crippen molar-refractivity contribution in [1.82, 2.24) is 4.98 Å². The maximum Gasteiger partial charge on any atom is 0.0903 e. The molecule has 0 spiro atoms. The lowest BCUT2D eigenvalue weighted by atomic mass is 10.1. The summed E-state index contributed by atoms with van der Waals surface area (Å²) in [7, 11) is 0. The number of hydrogen-bond acceptors (Lipinski definition) is 2. The van der Waals surface area contributed by atoms with E-state index >= 15 is 0 Å². The number of benzene rings is 1. The van der Waals surface area contributed by atoms with Crippen LogP contribution in [0.5, 0.6) is 0 Å². The van der Waals surface area contributed by atoms with Crippen molar-refractivity contribution < 1.29 is 0 Å². The third-order valence-corrected chi connectivity index (χ3v) is 4.04. The lowest BCUT2D eigenvalue weighted by Crippen LogP contribution is -1.82. The highest BCUT2D eigenvalue weighted by molar-refractivity contribution is 7.15. The number of rotatable bonds is 1. The Hall–Kier alpha value is -0.280. The predicted molar refractivity (Wildman–Crippen MR) is 72.1 cm³/mol. The largest absolute Gasteiger partial charge is 0.246 e. The molecule has 0 aliphatic carbocycles. The molecule has 5 heteroatoms. The molecule has 0 fully saturated rings. The Morgan fingerprint density at radius 2 is 1.62 bits per heavy atom. The standard InChI is InChI=1S/C11H8Cl3NS/c1-5-11(16-6(2)15-5)10-8(13)3-7(12)4-9(10)14/h3-4H,1-2H3. The van der Waals surface area contributed by atoms with E-state index in [-0.39, 0.29) is 0 Å². The second-order valence-electron chi connectivity index (χ2n) is 3.39. The summed E-state index contributed by atoms with van der Waals surface area (Å²) >= 11 is 19.8. The van der Waals surface area contributed by atoms with E-state index in [1.165, 1.54) is 0 Å². The quantitative estimate of drug-likeness (QED) is 0.687. The van der Waals surface area contributed by atoms with Crippen LogP contribution in [0.3, 0.4) is 0 Å². The molecule has 1 nitrogen and oxygen atoms in total. The van der Waals surface area contributed by atoms with Crippen LogP contribution in [0, 0.1) is 13.8 Å². The molecule has 2 aromatic rings. The molecular formula is C11H8Cl3NS. The zero-order valence-corrected chi connectivity index (χ0v) is 11.7. The monoisotopic (exact) mass is 291 g/mol. The number of hydrogen-bond donors (Lipinski definition) is 0. The molecule has 0 amide bonds. The van der Waals surface area contributed by atoms with Gasteiger partial charge in [0.1, 0.15) is 0 Å². The first-order valence-corrected chi connectivity index (χ1v) is 6.53. The van der Waals surface area contributed by atoms with E-state index in [2.05, 4.69) is 4.98 Å². The van der Waals surface area contributed by atoms with E-state index in [0.717, 1.165) is 21.1 Å². The van der Waals surface area contributed by atoms with Gasteiger partial charge in [-0.3, -0.25) is 0 Å². The molecule has 0 N–H and O–H groups in total. The number of aryl methyl sites for hydroxylation is 2. The van der Waals surface area contributed by atoms with Crippen molar-refractivity contribution in [2.75, 3.05) is 0 Å². The van der Waals surface area contributed by atoms with Crippen LogP contribution in [0.15, 0.2) is 12.1 Å². The highest BCUT2D eigenvalue weighted by Crippen LogP contribution is 2.41. The van der Waals surface area contributed by atoms with Gasteiger partial charge in [-0.1, -0.05) is 34.8 Å². The zero-order valence-electron chi connectivity index (χ0n) is 8.64. The lowest BCUT2D eigenvalue weighted by molar-refractivity contribution is 1.20. The molecule has 0 atom stereocenters. The molecule has 1 heterocycles. The molecule has 0 bridgehead atoms. The Kier molecular flexibility index (Phi) is 3.45. The van der Waals surface area contributed by atoms with E-state index in [4.69, 9.17) is 34.8 Å². The minimum absolute atomic E-state index is 0.539. The summed E-state index contributed by atoms with van der Waals surface area (Å²) in [4.78, 5) is 5.36. The number of nitrogens with zero attached hydrogens (tertiary/aromatic N) is 1. The zero-order chi connectivity index (χ0) is 11.9. The van der Waals surface area contributed by atoms with Crippen LogP contribution < -0.4 is 0 Å². The normalized spacial score (nSPS) is 10.8. The Balaban J connectivity index is 2.69. The SMILES string of the molecule is Cc1nc(C)c(-c2c(Cl)cc(Cl)cc2Cl)s1. The summed E-state index contributed by atoms with van der Waals surface area (Å²) in [5.74, 6) is 0. The van der Waals surface area contributed by atoms with Gasteiger partial charge in [0.2, 0.25) is 0 Å². The lowest BCUT2D eigenvalue weighted by Gasteiger charge is -2.06. The molecule has 0 saturated heterocycles. The van der Waals surface area contributed by atoms with Gasteiger partial charge in [-0.25, -0.2) is 4.98 Å². The molecular weight excluding hydrogens is 285 g/mol. The van der Waals surface area contributed by atoms with Gasteiger partial charge in [0, 0.05) is 10.6 Å². The van der Waals surface area contributed by atoms with Crippen LogP contribution in [-0.2, 0) is 0 Å². The minimum atomic E-state index is 0.539. The fraction of sp³-hybridized carbons (Fsp3) is 0.182. The Morgan fingerprint density at radius 1 is 1.06 bits per heavy atom. The third kappa shape index (κ3) is 2.21. The van der Waals surface area contributed by atoms with Crippen LogP contribution in [-0.4, -0.2) is 4.98 Å². The summed E-state index contributed by atoms with van der Waals surface area (Å²) in [6.07, 6.45) is 0. The van der Waals surface area contributed by atoms with E-state index in [0.29, 0.717) is 15.1 Å². The van der Waals surface area contributed by atoms with Crippen molar-refractivity contribution in [2.24, 2.45) is 0 Å². The van der Waals surface area contributed by atoms with Crippen molar-refractivity contribution in [3.63, 3.8) is 0 Å². The molecule has 1 aromatic carbocycles. The van der Waals surface area contributed by atoms with Gasteiger partial charge in [0.25, 0.3) is 0 Å². The van der Waals surface area contributed by atoms with E-state index < -0.39 is 0 Å². The highest BCUT2D eigenvalue weighted by atomic mass is 35.5. The van der Waals surface area contributed by atoms with Crippen LogP contribution in [0.25, 0.3) is 10.4 Å². The van der Waals surface area contributed by atoms with Crippen molar-refractivity contribution in [3.8, 4) is 10.4 Å². The van der Waals surface area contributed by atoms with Crippen molar-refractivity contribution in [3.05, 3.63) is 37.9 Å². The summed E-state index contributed by atoms with van der Waals surface area (Å²) in [5.41, 5.74) is 1.75. The summed E-state index contributed by atoms with van der Waals surface area (Å²) in [6, 6.07) is 3.39. The van der Waals surface area contributed by atoms with E-state index in [1.807, 2.05) is 13.8 Å². The van der Waals surface area contributed by atoms with Gasteiger partial charge in [-0.2, -0.15) is 0 Å². The smallest absolute Gasteiger partial charge is 0.0903 e. The van der Waals surface area contributed by atoms with Gasteiger partial charge in [-0.15, -0.1) is 11.3 Å². The summed E-state index contributed by atoms with van der Waals surface area (Å²) in [6.45, 7) is 3.90. The van der Waals surface area contributed by atoms with Crippen molar-refractivity contribution in [2.45, 2.75) is 13.8 Å². The fourth-order valence-corrected chi connectivity index (χ4v) is 3.63. The number of aromatic nitrogens is 1. The minimum Gasteiger partial charge on any atom is -0.246 e. The molecule has 0 aliphatic rings. The van der Waals surface area contributed by atoms with Gasteiger partial charge < -0.3 is 0 Å². The average Bonchev–Trinajstić information content (AvgIpc) is 2.43. The first-order chi connectivity index (χ1) is 7.49. The summed E-state index contributed by atoms with van der Waals surface area (Å²) in [5, 5.41) is 2.65. The maximum atomic E-state index is 6.16. The fourth-order valence-electron chi connectivity index (χ4n) is 1.52. The van der Waals surface area contributed by atoms with Gasteiger partial charge in [-0.05, 0) is 26.0 Å². The first-order valence-electron chi connectivity index (χ1n) is 4.58. The molecule has 0 saturated carbocycles. The van der Waals surface area contributed by atoms with Crippen LogP contribution in [0.4, 0.5) is 0 Å². The number of thiazole rings is 1. The Morgan fingerprint density at radius 3 is 2.06 bits per heavy atom. The topological polar surface area (TPSA) is 12.9 Å². The van der Waals surface area contributed by atoms with Crippen LogP contribution in [0.2, 0.25) is 15.1 Å². The van der Waals surface area contributed by atoms with Gasteiger partial charge >= 0.3 is 0 Å². The Bertz CT molecular complexity index is 525.